The van der Waals surface area contributed by atoms with Crippen LogP contribution >= 0.6 is 0 Å². The summed E-state index contributed by atoms with van der Waals surface area (Å²) in [6, 6.07) is 0.190. The van der Waals surface area contributed by atoms with Gasteiger partial charge in [0, 0.05) is 25.7 Å². The van der Waals surface area contributed by atoms with Crippen LogP contribution in [0.1, 0.15) is 26.7 Å². The van der Waals surface area contributed by atoms with Crippen molar-refractivity contribution < 1.29 is 9.53 Å². The van der Waals surface area contributed by atoms with E-state index in [2.05, 4.69) is 22.5 Å². The molecule has 0 aromatic carbocycles. The number of rotatable bonds is 4. The average Bonchev–Trinajstić information content (AvgIpc) is 2.78. The first-order valence-corrected chi connectivity index (χ1v) is 6.96. The van der Waals surface area contributed by atoms with Gasteiger partial charge in [-0.1, -0.05) is 0 Å². The highest BCUT2D eigenvalue weighted by molar-refractivity contribution is 5.86. The summed E-state index contributed by atoms with van der Waals surface area (Å²) >= 11 is 0. The summed E-state index contributed by atoms with van der Waals surface area (Å²) in [6.45, 7) is 9.47. The van der Waals surface area contributed by atoms with Crippen LogP contribution in [0.3, 0.4) is 0 Å². The molecule has 2 rings (SSSR count). The van der Waals surface area contributed by atoms with Crippen molar-refractivity contribution in [3.05, 3.63) is 0 Å². The van der Waals surface area contributed by atoms with Crippen LogP contribution in [0.2, 0.25) is 0 Å². The van der Waals surface area contributed by atoms with Crippen LogP contribution in [0.25, 0.3) is 0 Å². The summed E-state index contributed by atoms with van der Waals surface area (Å²) in [4.78, 5) is 14.5. The number of hydrogen-bond acceptors (Lipinski definition) is 4. The van der Waals surface area contributed by atoms with E-state index in [-0.39, 0.29) is 17.5 Å². The van der Waals surface area contributed by atoms with Crippen molar-refractivity contribution in [3.8, 4) is 0 Å². The summed E-state index contributed by atoms with van der Waals surface area (Å²) < 4.78 is 5.32. The number of nitrogens with zero attached hydrogens (tertiary/aromatic N) is 1. The van der Waals surface area contributed by atoms with Crippen molar-refractivity contribution in [2.24, 2.45) is 0 Å². The minimum atomic E-state index is -0.362. The molecule has 18 heavy (non-hydrogen) atoms. The van der Waals surface area contributed by atoms with Gasteiger partial charge in [0.2, 0.25) is 5.91 Å². The summed E-state index contributed by atoms with van der Waals surface area (Å²) in [5.74, 6) is 0.140. The Hall–Kier alpha value is -0.650. The third-order valence-electron chi connectivity index (χ3n) is 3.88. The maximum atomic E-state index is 12.2. The summed E-state index contributed by atoms with van der Waals surface area (Å²) in [6.07, 6.45) is 2.02. The van der Waals surface area contributed by atoms with E-state index in [1.54, 1.807) is 0 Å². The zero-order chi connectivity index (χ0) is 13.0. The number of morpholine rings is 1. The van der Waals surface area contributed by atoms with Crippen molar-refractivity contribution in [3.63, 3.8) is 0 Å². The summed E-state index contributed by atoms with van der Waals surface area (Å²) in [7, 11) is 0. The summed E-state index contributed by atoms with van der Waals surface area (Å²) in [5, 5.41) is 6.42. The number of carbonyl (C=O) groups excluding carboxylic acids is 1. The minimum Gasteiger partial charge on any atom is -0.379 e. The Labute approximate surface area is 109 Å². The van der Waals surface area contributed by atoms with Crippen LogP contribution in [-0.2, 0) is 9.53 Å². The molecular weight excluding hydrogens is 230 g/mol. The maximum absolute atomic E-state index is 12.2. The molecule has 0 aromatic heterocycles. The first kappa shape index (κ1) is 13.8. The maximum Gasteiger partial charge on any atom is 0.240 e. The SMILES string of the molecule is CC(CN1CCOCC1)NC(=O)C1(C)CCCN1. The lowest BCUT2D eigenvalue weighted by atomic mass is 9.99. The molecule has 5 nitrogen and oxygen atoms in total. The molecular formula is C13H25N3O2. The fraction of sp³-hybridized carbons (Fsp3) is 0.923. The normalized spacial score (nSPS) is 31.2. The summed E-state index contributed by atoms with van der Waals surface area (Å²) in [5.41, 5.74) is -0.362. The number of nitrogens with one attached hydrogen (secondary N) is 2. The second-order valence-electron chi connectivity index (χ2n) is 5.65. The van der Waals surface area contributed by atoms with Crippen molar-refractivity contribution in [2.45, 2.75) is 38.3 Å². The number of carbonyl (C=O) groups is 1. The van der Waals surface area contributed by atoms with Gasteiger partial charge in [0.25, 0.3) is 0 Å². The van der Waals surface area contributed by atoms with Gasteiger partial charge in [0.1, 0.15) is 0 Å². The van der Waals surface area contributed by atoms with E-state index >= 15 is 0 Å². The van der Waals surface area contributed by atoms with Crippen molar-refractivity contribution in [2.75, 3.05) is 39.4 Å². The van der Waals surface area contributed by atoms with E-state index in [0.29, 0.717) is 0 Å². The molecule has 0 aromatic rings. The molecule has 2 unspecified atom stereocenters. The van der Waals surface area contributed by atoms with Crippen molar-refractivity contribution in [1.29, 1.82) is 0 Å². The second kappa shape index (κ2) is 5.99. The zero-order valence-corrected chi connectivity index (χ0v) is 11.5. The third-order valence-corrected chi connectivity index (χ3v) is 3.88. The molecule has 2 saturated heterocycles. The minimum absolute atomic E-state index is 0.140. The standard InChI is InChI=1S/C13H25N3O2/c1-11(10-16-6-8-18-9-7-16)15-12(17)13(2)4-3-5-14-13/h11,14H,3-10H2,1-2H3,(H,15,17). The molecule has 0 radical (unpaired) electrons. The van der Waals surface area contributed by atoms with Gasteiger partial charge in [-0.25, -0.2) is 0 Å². The fourth-order valence-corrected chi connectivity index (χ4v) is 2.69. The second-order valence-corrected chi connectivity index (χ2v) is 5.65. The molecule has 2 aliphatic rings. The Morgan fingerprint density at radius 3 is 2.83 bits per heavy atom. The first-order valence-electron chi connectivity index (χ1n) is 6.96. The van der Waals surface area contributed by atoms with Crippen LogP contribution < -0.4 is 10.6 Å². The third kappa shape index (κ3) is 3.43. The Balaban J connectivity index is 1.76. The quantitative estimate of drug-likeness (QED) is 0.740. The van der Waals surface area contributed by atoms with Crippen LogP contribution in [0.15, 0.2) is 0 Å². The van der Waals surface area contributed by atoms with Gasteiger partial charge < -0.3 is 15.4 Å². The van der Waals surface area contributed by atoms with Gasteiger partial charge in [-0.05, 0) is 33.2 Å². The molecule has 0 saturated carbocycles. The first-order chi connectivity index (χ1) is 8.60. The van der Waals surface area contributed by atoms with E-state index in [1.165, 1.54) is 0 Å². The van der Waals surface area contributed by atoms with E-state index in [0.717, 1.165) is 52.2 Å². The molecule has 2 aliphatic heterocycles. The average molecular weight is 255 g/mol. The lowest BCUT2D eigenvalue weighted by Gasteiger charge is -2.31. The van der Waals surface area contributed by atoms with Crippen LogP contribution in [0.5, 0.6) is 0 Å². The van der Waals surface area contributed by atoms with Gasteiger partial charge in [-0.3, -0.25) is 9.69 Å². The monoisotopic (exact) mass is 255 g/mol. The van der Waals surface area contributed by atoms with Crippen LogP contribution in [0.4, 0.5) is 0 Å². The van der Waals surface area contributed by atoms with Crippen molar-refractivity contribution >= 4 is 5.91 Å². The molecule has 0 spiro atoms. The predicted octanol–water partition coefficient (Wildman–Crippen LogP) is -0.0346. The number of amides is 1. The number of ether oxygens (including phenoxy) is 1. The smallest absolute Gasteiger partial charge is 0.240 e. The Bertz CT molecular complexity index is 284. The molecule has 5 heteroatoms. The largest absolute Gasteiger partial charge is 0.379 e. The Kier molecular flexibility index (Phi) is 4.59. The molecule has 2 heterocycles. The van der Waals surface area contributed by atoms with Gasteiger partial charge in [-0.15, -0.1) is 0 Å². The fourth-order valence-electron chi connectivity index (χ4n) is 2.69. The molecule has 104 valence electrons. The van der Waals surface area contributed by atoms with Gasteiger partial charge in [0.05, 0.1) is 18.8 Å². The van der Waals surface area contributed by atoms with Crippen LogP contribution in [0, 0.1) is 0 Å². The zero-order valence-electron chi connectivity index (χ0n) is 11.5. The molecule has 1 amide bonds. The lowest BCUT2D eigenvalue weighted by Crippen LogP contribution is -2.55. The van der Waals surface area contributed by atoms with Crippen LogP contribution in [-0.4, -0.2) is 61.8 Å². The van der Waals surface area contributed by atoms with Gasteiger partial charge in [-0.2, -0.15) is 0 Å². The Morgan fingerprint density at radius 1 is 1.50 bits per heavy atom. The molecule has 2 fully saturated rings. The van der Waals surface area contributed by atoms with E-state index < -0.39 is 0 Å². The van der Waals surface area contributed by atoms with Gasteiger partial charge in [0.15, 0.2) is 0 Å². The highest BCUT2D eigenvalue weighted by Crippen LogP contribution is 2.18. The highest BCUT2D eigenvalue weighted by Gasteiger charge is 2.36. The highest BCUT2D eigenvalue weighted by atomic mass is 16.5. The molecule has 0 bridgehead atoms. The lowest BCUT2D eigenvalue weighted by molar-refractivity contribution is -0.127. The predicted molar refractivity (Wildman–Crippen MR) is 70.5 cm³/mol. The Morgan fingerprint density at radius 2 is 2.22 bits per heavy atom. The van der Waals surface area contributed by atoms with E-state index in [1.807, 2.05) is 6.92 Å². The number of hydrogen-bond donors (Lipinski definition) is 2. The van der Waals surface area contributed by atoms with Gasteiger partial charge >= 0.3 is 0 Å². The molecule has 2 atom stereocenters. The van der Waals surface area contributed by atoms with Crippen molar-refractivity contribution in [1.82, 2.24) is 15.5 Å². The molecule has 0 aliphatic carbocycles. The molecule has 2 N–H and O–H groups in total. The topological polar surface area (TPSA) is 53.6 Å². The van der Waals surface area contributed by atoms with E-state index in [4.69, 9.17) is 4.74 Å². The van der Waals surface area contributed by atoms with E-state index in [9.17, 15) is 4.79 Å².